The minimum absolute atomic E-state index is 0.220. The Hall–Kier alpha value is -1.61. The second-order valence-corrected chi connectivity index (χ2v) is 6.18. The SMILES string of the molecule is Cc1cccc(-n2cncc2C2(C)CCNCC2)c1C. The van der Waals surface area contributed by atoms with Crippen LogP contribution in [0.2, 0.25) is 0 Å². The lowest BCUT2D eigenvalue weighted by Gasteiger charge is -2.34. The van der Waals surface area contributed by atoms with Crippen molar-refractivity contribution in [1.29, 1.82) is 0 Å². The number of nitrogens with one attached hydrogen (secondary N) is 1. The van der Waals surface area contributed by atoms with E-state index in [2.05, 4.69) is 53.8 Å². The summed E-state index contributed by atoms with van der Waals surface area (Å²) < 4.78 is 2.29. The van der Waals surface area contributed by atoms with Crippen LogP contribution < -0.4 is 5.32 Å². The van der Waals surface area contributed by atoms with Crippen molar-refractivity contribution in [2.75, 3.05) is 13.1 Å². The van der Waals surface area contributed by atoms with E-state index in [0.717, 1.165) is 13.1 Å². The van der Waals surface area contributed by atoms with E-state index in [1.54, 1.807) is 0 Å². The molecule has 3 rings (SSSR count). The molecule has 20 heavy (non-hydrogen) atoms. The van der Waals surface area contributed by atoms with Gasteiger partial charge in [-0.15, -0.1) is 0 Å². The van der Waals surface area contributed by atoms with Gasteiger partial charge >= 0.3 is 0 Å². The van der Waals surface area contributed by atoms with Crippen LogP contribution in [0.1, 0.15) is 36.6 Å². The number of nitrogens with zero attached hydrogens (tertiary/aromatic N) is 2. The number of aryl methyl sites for hydroxylation is 1. The van der Waals surface area contributed by atoms with Gasteiger partial charge in [0.25, 0.3) is 0 Å². The van der Waals surface area contributed by atoms with Crippen LogP contribution in [0, 0.1) is 13.8 Å². The molecule has 1 fully saturated rings. The van der Waals surface area contributed by atoms with Crippen LogP contribution in [-0.2, 0) is 5.41 Å². The minimum Gasteiger partial charge on any atom is -0.317 e. The van der Waals surface area contributed by atoms with Crippen molar-refractivity contribution in [2.24, 2.45) is 0 Å². The van der Waals surface area contributed by atoms with Gasteiger partial charge in [0.1, 0.15) is 0 Å². The first kappa shape index (κ1) is 13.4. The number of aromatic nitrogens is 2. The maximum atomic E-state index is 4.43. The summed E-state index contributed by atoms with van der Waals surface area (Å²) in [7, 11) is 0. The fourth-order valence-corrected chi connectivity index (χ4v) is 3.16. The Bertz CT molecular complexity index is 606. The first-order valence-electron chi connectivity index (χ1n) is 7.42. The summed E-state index contributed by atoms with van der Waals surface area (Å²) in [5.74, 6) is 0. The van der Waals surface area contributed by atoms with Gasteiger partial charge < -0.3 is 9.88 Å². The molecule has 0 spiro atoms. The summed E-state index contributed by atoms with van der Waals surface area (Å²) in [6, 6.07) is 6.49. The molecule has 1 saturated heterocycles. The molecule has 1 N–H and O–H groups in total. The van der Waals surface area contributed by atoms with E-state index in [0.29, 0.717) is 0 Å². The predicted molar refractivity (Wildman–Crippen MR) is 82.5 cm³/mol. The number of piperidine rings is 1. The number of hydrogen-bond acceptors (Lipinski definition) is 2. The second kappa shape index (κ2) is 5.06. The van der Waals surface area contributed by atoms with Gasteiger partial charge in [0, 0.05) is 23.0 Å². The number of benzene rings is 1. The Kier molecular flexibility index (Phi) is 3.38. The van der Waals surface area contributed by atoms with Crippen molar-refractivity contribution in [1.82, 2.24) is 14.9 Å². The van der Waals surface area contributed by atoms with Gasteiger partial charge in [-0.1, -0.05) is 19.1 Å². The van der Waals surface area contributed by atoms with Crippen LogP contribution in [0.25, 0.3) is 5.69 Å². The first-order chi connectivity index (χ1) is 9.62. The Labute approximate surface area is 121 Å². The third-order valence-electron chi connectivity index (χ3n) is 4.80. The summed E-state index contributed by atoms with van der Waals surface area (Å²) >= 11 is 0. The molecular formula is C17H23N3. The second-order valence-electron chi connectivity index (χ2n) is 6.18. The van der Waals surface area contributed by atoms with Crippen molar-refractivity contribution in [2.45, 2.75) is 39.0 Å². The Morgan fingerprint density at radius 1 is 1.20 bits per heavy atom. The smallest absolute Gasteiger partial charge is 0.0994 e. The lowest BCUT2D eigenvalue weighted by atomic mass is 9.78. The van der Waals surface area contributed by atoms with Gasteiger partial charge in [-0.2, -0.15) is 0 Å². The topological polar surface area (TPSA) is 29.9 Å². The summed E-state index contributed by atoms with van der Waals surface area (Å²) in [5.41, 5.74) is 5.49. The molecular weight excluding hydrogens is 246 g/mol. The molecule has 0 amide bonds. The monoisotopic (exact) mass is 269 g/mol. The van der Waals surface area contributed by atoms with Crippen LogP contribution in [0.5, 0.6) is 0 Å². The number of hydrogen-bond donors (Lipinski definition) is 1. The van der Waals surface area contributed by atoms with Crippen LogP contribution in [0.15, 0.2) is 30.7 Å². The molecule has 3 heteroatoms. The summed E-state index contributed by atoms with van der Waals surface area (Å²) in [6.07, 6.45) is 6.35. The fraction of sp³-hybridized carbons (Fsp3) is 0.471. The minimum atomic E-state index is 0.220. The third-order valence-corrected chi connectivity index (χ3v) is 4.80. The highest BCUT2D eigenvalue weighted by molar-refractivity contribution is 5.46. The highest BCUT2D eigenvalue weighted by atomic mass is 15.1. The zero-order valence-electron chi connectivity index (χ0n) is 12.6. The van der Waals surface area contributed by atoms with Crippen LogP contribution >= 0.6 is 0 Å². The van der Waals surface area contributed by atoms with Crippen molar-refractivity contribution >= 4 is 0 Å². The maximum absolute atomic E-state index is 4.43. The van der Waals surface area contributed by atoms with E-state index in [-0.39, 0.29) is 5.41 Å². The normalized spacial score (nSPS) is 18.1. The largest absolute Gasteiger partial charge is 0.317 e. The number of imidazole rings is 1. The van der Waals surface area contributed by atoms with E-state index in [4.69, 9.17) is 0 Å². The highest BCUT2D eigenvalue weighted by Crippen LogP contribution is 2.34. The summed E-state index contributed by atoms with van der Waals surface area (Å²) in [4.78, 5) is 4.43. The molecule has 3 nitrogen and oxygen atoms in total. The molecule has 2 aromatic rings. The Morgan fingerprint density at radius 3 is 2.70 bits per heavy atom. The van der Waals surface area contributed by atoms with Gasteiger partial charge in [-0.05, 0) is 57.0 Å². The molecule has 1 aliphatic heterocycles. The quantitative estimate of drug-likeness (QED) is 0.907. The van der Waals surface area contributed by atoms with Gasteiger partial charge in [-0.25, -0.2) is 4.98 Å². The van der Waals surface area contributed by atoms with E-state index in [1.165, 1.54) is 35.3 Å². The van der Waals surface area contributed by atoms with Gasteiger partial charge in [-0.3, -0.25) is 0 Å². The van der Waals surface area contributed by atoms with Crippen molar-refractivity contribution in [3.05, 3.63) is 47.5 Å². The molecule has 1 aliphatic rings. The Balaban J connectivity index is 2.08. The van der Waals surface area contributed by atoms with Crippen LogP contribution in [-0.4, -0.2) is 22.6 Å². The molecule has 0 unspecified atom stereocenters. The number of rotatable bonds is 2. The standard InChI is InChI=1S/C17H23N3/c1-13-5-4-6-15(14(13)2)20-12-19-11-16(20)17(3)7-9-18-10-8-17/h4-6,11-12,18H,7-10H2,1-3H3. The van der Waals surface area contributed by atoms with E-state index in [1.807, 2.05) is 12.5 Å². The van der Waals surface area contributed by atoms with Crippen molar-refractivity contribution in [3.8, 4) is 5.69 Å². The van der Waals surface area contributed by atoms with Crippen LogP contribution in [0.4, 0.5) is 0 Å². The summed E-state index contributed by atoms with van der Waals surface area (Å²) in [5, 5.41) is 3.45. The molecule has 1 aromatic heterocycles. The fourth-order valence-electron chi connectivity index (χ4n) is 3.16. The molecule has 0 saturated carbocycles. The molecule has 0 aliphatic carbocycles. The lowest BCUT2D eigenvalue weighted by Crippen LogP contribution is -2.38. The average molecular weight is 269 g/mol. The summed E-state index contributed by atoms with van der Waals surface area (Å²) in [6.45, 7) is 8.91. The maximum Gasteiger partial charge on any atom is 0.0994 e. The highest BCUT2D eigenvalue weighted by Gasteiger charge is 2.32. The van der Waals surface area contributed by atoms with E-state index >= 15 is 0 Å². The molecule has 0 atom stereocenters. The molecule has 0 bridgehead atoms. The van der Waals surface area contributed by atoms with Gasteiger partial charge in [0.15, 0.2) is 0 Å². The van der Waals surface area contributed by atoms with Crippen LogP contribution in [0.3, 0.4) is 0 Å². The zero-order valence-corrected chi connectivity index (χ0v) is 12.6. The first-order valence-corrected chi connectivity index (χ1v) is 7.42. The average Bonchev–Trinajstić information content (AvgIpc) is 2.93. The Morgan fingerprint density at radius 2 is 1.95 bits per heavy atom. The van der Waals surface area contributed by atoms with Crippen molar-refractivity contribution < 1.29 is 0 Å². The van der Waals surface area contributed by atoms with E-state index < -0.39 is 0 Å². The lowest BCUT2D eigenvalue weighted by molar-refractivity contribution is 0.324. The van der Waals surface area contributed by atoms with Gasteiger partial charge in [0.2, 0.25) is 0 Å². The van der Waals surface area contributed by atoms with Gasteiger partial charge in [0.05, 0.1) is 6.33 Å². The van der Waals surface area contributed by atoms with Crippen molar-refractivity contribution in [3.63, 3.8) is 0 Å². The molecule has 0 radical (unpaired) electrons. The van der Waals surface area contributed by atoms with E-state index in [9.17, 15) is 0 Å². The molecule has 2 heterocycles. The zero-order chi connectivity index (χ0) is 14.2. The third kappa shape index (κ3) is 2.16. The molecule has 1 aromatic carbocycles. The predicted octanol–water partition coefficient (Wildman–Crippen LogP) is 3.13. The molecule has 106 valence electrons.